The average molecular weight is 289 g/mol. The summed E-state index contributed by atoms with van der Waals surface area (Å²) in [6.45, 7) is 8.41. The molecule has 3 nitrogen and oxygen atoms in total. The van der Waals surface area contributed by atoms with Gasteiger partial charge in [-0.25, -0.2) is 0 Å². The Morgan fingerprint density at radius 3 is 2.43 bits per heavy atom. The van der Waals surface area contributed by atoms with Gasteiger partial charge in [0.2, 0.25) is 0 Å². The van der Waals surface area contributed by atoms with Crippen molar-refractivity contribution in [3.63, 3.8) is 0 Å². The first-order chi connectivity index (χ1) is 9.94. The first-order valence-corrected chi connectivity index (χ1v) is 8.12. The Hall–Kier alpha value is -0.900. The summed E-state index contributed by atoms with van der Waals surface area (Å²) in [6.07, 6.45) is 3.14. The number of benzene rings is 1. The second kappa shape index (κ2) is 5.71. The topological polar surface area (TPSA) is 32.7 Å². The predicted molar refractivity (Wildman–Crippen MR) is 84.3 cm³/mol. The van der Waals surface area contributed by atoms with Crippen molar-refractivity contribution >= 4 is 0 Å². The summed E-state index contributed by atoms with van der Waals surface area (Å²) < 4.78 is 6.09. The van der Waals surface area contributed by atoms with E-state index < -0.39 is 0 Å². The number of fused-ring (bicyclic) bond motifs is 1. The fourth-order valence-corrected chi connectivity index (χ4v) is 3.71. The Kier molecular flexibility index (Phi) is 4.08. The lowest BCUT2D eigenvalue weighted by molar-refractivity contribution is -0.0898. The molecule has 1 aromatic rings. The molecule has 2 unspecified atom stereocenters. The van der Waals surface area contributed by atoms with Gasteiger partial charge in [-0.05, 0) is 51.2 Å². The molecule has 0 saturated carbocycles. The van der Waals surface area contributed by atoms with Crippen LogP contribution in [0.2, 0.25) is 0 Å². The largest absolute Gasteiger partial charge is 0.387 e. The van der Waals surface area contributed by atoms with Crippen LogP contribution in [-0.2, 0) is 11.2 Å². The summed E-state index contributed by atoms with van der Waals surface area (Å²) in [4.78, 5) is 2.45. The minimum Gasteiger partial charge on any atom is -0.387 e. The Morgan fingerprint density at radius 1 is 1.14 bits per heavy atom. The average Bonchev–Trinajstić information content (AvgIpc) is 2.76. The van der Waals surface area contributed by atoms with Crippen molar-refractivity contribution in [1.29, 1.82) is 0 Å². The van der Waals surface area contributed by atoms with E-state index in [0.29, 0.717) is 6.10 Å². The van der Waals surface area contributed by atoms with E-state index in [2.05, 4.69) is 43.9 Å². The van der Waals surface area contributed by atoms with Gasteiger partial charge in [-0.15, -0.1) is 0 Å². The maximum absolute atomic E-state index is 10.6. The number of rotatable bonds is 2. The molecule has 0 bridgehead atoms. The van der Waals surface area contributed by atoms with Crippen LogP contribution in [0.3, 0.4) is 0 Å². The van der Waals surface area contributed by atoms with Gasteiger partial charge < -0.3 is 9.84 Å². The van der Waals surface area contributed by atoms with Gasteiger partial charge >= 0.3 is 0 Å². The molecule has 21 heavy (non-hydrogen) atoms. The third-order valence-electron chi connectivity index (χ3n) is 4.63. The Bertz CT molecular complexity index is 486. The van der Waals surface area contributed by atoms with Crippen LogP contribution < -0.4 is 0 Å². The van der Waals surface area contributed by atoms with E-state index in [0.717, 1.165) is 37.9 Å². The number of hydrogen-bond donors (Lipinski definition) is 1. The molecule has 1 heterocycles. The van der Waals surface area contributed by atoms with E-state index in [1.165, 1.54) is 5.56 Å². The molecule has 1 N–H and O–H groups in total. The van der Waals surface area contributed by atoms with Crippen LogP contribution in [0, 0.1) is 0 Å². The maximum Gasteiger partial charge on any atom is 0.0951 e. The van der Waals surface area contributed by atoms with Gasteiger partial charge in [-0.2, -0.15) is 0 Å². The smallest absolute Gasteiger partial charge is 0.0951 e. The molecule has 3 rings (SSSR count). The molecule has 1 aliphatic carbocycles. The lowest BCUT2D eigenvalue weighted by Gasteiger charge is -2.39. The zero-order valence-electron chi connectivity index (χ0n) is 13.4. The molecule has 1 aliphatic heterocycles. The quantitative estimate of drug-likeness (QED) is 0.908. The lowest BCUT2D eigenvalue weighted by atomic mass is 10.0. The summed E-state index contributed by atoms with van der Waals surface area (Å²) in [5.41, 5.74) is 2.37. The number of hydrogen-bond acceptors (Lipinski definition) is 3. The van der Waals surface area contributed by atoms with E-state index in [1.807, 2.05) is 6.07 Å². The van der Waals surface area contributed by atoms with Gasteiger partial charge in [-0.3, -0.25) is 4.90 Å². The molecule has 2 atom stereocenters. The third-order valence-corrected chi connectivity index (χ3v) is 4.63. The van der Waals surface area contributed by atoms with Crippen LogP contribution in [0.25, 0.3) is 0 Å². The second-order valence-corrected chi connectivity index (χ2v) is 7.38. The molecule has 0 radical (unpaired) electrons. The summed E-state index contributed by atoms with van der Waals surface area (Å²) in [6, 6.07) is 8.55. The van der Waals surface area contributed by atoms with Crippen molar-refractivity contribution in [3.8, 4) is 0 Å². The minimum atomic E-state index is -0.332. The van der Waals surface area contributed by atoms with Gasteiger partial charge in [0.15, 0.2) is 0 Å². The molecule has 0 aromatic heterocycles. The second-order valence-electron chi connectivity index (χ2n) is 7.38. The lowest BCUT2D eigenvalue weighted by Crippen LogP contribution is -2.46. The summed E-state index contributed by atoms with van der Waals surface area (Å²) in [5, 5.41) is 10.6. The Balaban J connectivity index is 1.59. The van der Waals surface area contributed by atoms with Crippen molar-refractivity contribution in [2.24, 2.45) is 0 Å². The number of nitrogens with zero attached hydrogens (tertiary/aromatic N) is 1. The zero-order chi connectivity index (χ0) is 15.0. The van der Waals surface area contributed by atoms with Crippen molar-refractivity contribution < 1.29 is 9.84 Å². The summed E-state index contributed by atoms with van der Waals surface area (Å²) >= 11 is 0. The third kappa shape index (κ3) is 3.31. The van der Waals surface area contributed by atoms with Gasteiger partial charge in [0, 0.05) is 19.1 Å². The first-order valence-electron chi connectivity index (χ1n) is 8.12. The highest BCUT2D eigenvalue weighted by molar-refractivity contribution is 5.35. The van der Waals surface area contributed by atoms with Crippen LogP contribution in [0.4, 0.5) is 0 Å². The molecule has 1 saturated heterocycles. The van der Waals surface area contributed by atoms with E-state index in [1.54, 1.807) is 0 Å². The number of aliphatic hydroxyl groups excluding tert-OH is 1. The molecule has 0 spiro atoms. The van der Waals surface area contributed by atoms with E-state index >= 15 is 0 Å². The van der Waals surface area contributed by atoms with Crippen LogP contribution in [-0.4, -0.2) is 40.8 Å². The predicted octanol–water partition coefficient (Wildman–Crippen LogP) is 2.92. The molecule has 1 aromatic carbocycles. The molecule has 0 amide bonds. The summed E-state index contributed by atoms with van der Waals surface area (Å²) in [7, 11) is 0. The molecule has 1 fully saturated rings. The molecular weight excluding hydrogens is 262 g/mol. The summed E-state index contributed by atoms with van der Waals surface area (Å²) in [5.74, 6) is 0. The van der Waals surface area contributed by atoms with Gasteiger partial charge in [0.1, 0.15) is 0 Å². The van der Waals surface area contributed by atoms with E-state index in [-0.39, 0.29) is 17.7 Å². The van der Waals surface area contributed by atoms with Gasteiger partial charge in [0.05, 0.1) is 17.8 Å². The van der Waals surface area contributed by atoms with Crippen LogP contribution in [0.15, 0.2) is 24.3 Å². The molecule has 2 aliphatic rings. The Labute approximate surface area is 127 Å². The maximum atomic E-state index is 10.6. The SMILES string of the molecule is CC(C)(C)OC1CCN(C2Cc3ccccc3C2O)CC1. The number of piperidine rings is 1. The van der Waals surface area contributed by atoms with Gasteiger partial charge in [0.25, 0.3) is 0 Å². The highest BCUT2D eigenvalue weighted by Crippen LogP contribution is 2.35. The van der Waals surface area contributed by atoms with Crippen LogP contribution in [0.5, 0.6) is 0 Å². The molecule has 3 heteroatoms. The van der Waals surface area contributed by atoms with Gasteiger partial charge in [-0.1, -0.05) is 24.3 Å². The Morgan fingerprint density at radius 2 is 1.81 bits per heavy atom. The fraction of sp³-hybridized carbons (Fsp3) is 0.667. The minimum absolute atomic E-state index is 0.0596. The van der Waals surface area contributed by atoms with E-state index in [4.69, 9.17) is 4.74 Å². The number of ether oxygens (including phenoxy) is 1. The van der Waals surface area contributed by atoms with Crippen LogP contribution >= 0.6 is 0 Å². The van der Waals surface area contributed by atoms with Crippen molar-refractivity contribution in [3.05, 3.63) is 35.4 Å². The highest BCUT2D eigenvalue weighted by Gasteiger charge is 2.36. The molecular formula is C18H27NO2. The number of aliphatic hydroxyl groups is 1. The van der Waals surface area contributed by atoms with Crippen molar-refractivity contribution in [2.75, 3.05) is 13.1 Å². The number of likely N-dealkylation sites (tertiary alicyclic amines) is 1. The van der Waals surface area contributed by atoms with E-state index in [9.17, 15) is 5.11 Å². The van der Waals surface area contributed by atoms with Crippen LogP contribution in [0.1, 0.15) is 50.8 Å². The molecule has 116 valence electrons. The van der Waals surface area contributed by atoms with Crippen molar-refractivity contribution in [1.82, 2.24) is 4.90 Å². The monoisotopic (exact) mass is 289 g/mol. The normalized spacial score (nSPS) is 27.8. The zero-order valence-corrected chi connectivity index (χ0v) is 13.4. The van der Waals surface area contributed by atoms with Crippen molar-refractivity contribution in [2.45, 2.75) is 63.9 Å². The highest BCUT2D eigenvalue weighted by atomic mass is 16.5. The standard InChI is InChI=1S/C18H27NO2/c1-18(2,3)21-14-8-10-19(11-9-14)16-12-13-6-4-5-7-15(13)17(16)20/h4-7,14,16-17,20H,8-12H2,1-3H3. The first kappa shape index (κ1) is 15.0. The fourth-order valence-electron chi connectivity index (χ4n) is 3.71.